The molecule has 1 heterocycles. The van der Waals surface area contributed by atoms with Gasteiger partial charge < -0.3 is 10.8 Å². The number of aliphatic hydroxyl groups is 1. The van der Waals surface area contributed by atoms with Crippen LogP contribution in [0.3, 0.4) is 0 Å². The van der Waals surface area contributed by atoms with Crippen molar-refractivity contribution < 1.29 is 5.11 Å². The zero-order chi connectivity index (χ0) is 10.6. The summed E-state index contributed by atoms with van der Waals surface area (Å²) in [5.41, 5.74) is 5.78. The maximum Gasteiger partial charge on any atom is 0.0685 e. The van der Waals surface area contributed by atoms with E-state index in [1.165, 1.54) is 0 Å². The molecule has 78 valence electrons. The number of thioether (sulfide) groups is 1. The van der Waals surface area contributed by atoms with Crippen LogP contribution in [0, 0.1) is 0 Å². The van der Waals surface area contributed by atoms with Crippen LogP contribution < -0.4 is 5.73 Å². The first-order chi connectivity index (χ1) is 6.53. The Hall–Kier alpha value is -0.580. The normalized spacial score (nSPS) is 11.7. The molecule has 3 nitrogen and oxygen atoms in total. The molecule has 0 atom stereocenters. The summed E-state index contributed by atoms with van der Waals surface area (Å²) in [7, 11) is 0. The van der Waals surface area contributed by atoms with Crippen LogP contribution in [0.25, 0.3) is 0 Å². The van der Waals surface area contributed by atoms with Crippen molar-refractivity contribution in [2.24, 2.45) is 5.73 Å². The fourth-order valence-corrected chi connectivity index (χ4v) is 1.95. The number of aromatic nitrogens is 1. The van der Waals surface area contributed by atoms with E-state index in [-0.39, 0.29) is 0 Å². The zero-order valence-corrected chi connectivity index (χ0v) is 9.34. The summed E-state index contributed by atoms with van der Waals surface area (Å²) >= 11 is 1.59. The van der Waals surface area contributed by atoms with E-state index < -0.39 is 5.60 Å². The lowest BCUT2D eigenvalue weighted by molar-refractivity contribution is 0.107. The summed E-state index contributed by atoms with van der Waals surface area (Å²) in [5.74, 6) is 0.645. The Labute approximate surface area is 88.7 Å². The van der Waals surface area contributed by atoms with Gasteiger partial charge in [-0.15, -0.1) is 11.8 Å². The molecule has 0 unspecified atom stereocenters. The summed E-state index contributed by atoms with van der Waals surface area (Å²) in [4.78, 5) is 5.22. The standard InChI is InChI=1S/C10H16N2OS/c1-10(2,13)7-14-9-4-3-5-12-8(9)6-11/h3-5,13H,6-7,11H2,1-2H3. The van der Waals surface area contributed by atoms with Crippen LogP contribution in [-0.2, 0) is 6.54 Å². The van der Waals surface area contributed by atoms with Gasteiger partial charge in [0.2, 0.25) is 0 Å². The predicted octanol–water partition coefficient (Wildman–Crippen LogP) is 1.40. The summed E-state index contributed by atoms with van der Waals surface area (Å²) in [5, 5.41) is 9.57. The number of pyridine rings is 1. The third-order valence-corrected chi connectivity index (χ3v) is 3.16. The minimum atomic E-state index is -0.660. The molecule has 3 N–H and O–H groups in total. The van der Waals surface area contributed by atoms with Gasteiger partial charge in [-0.3, -0.25) is 4.98 Å². The minimum absolute atomic E-state index is 0.440. The lowest BCUT2D eigenvalue weighted by Gasteiger charge is -2.16. The maximum atomic E-state index is 9.57. The van der Waals surface area contributed by atoms with Crippen molar-refractivity contribution in [2.75, 3.05) is 5.75 Å². The van der Waals surface area contributed by atoms with Crippen LogP contribution in [0.15, 0.2) is 23.2 Å². The van der Waals surface area contributed by atoms with Gasteiger partial charge in [-0.05, 0) is 26.0 Å². The Bertz CT molecular complexity index is 296. The highest BCUT2D eigenvalue weighted by molar-refractivity contribution is 7.99. The third-order valence-electron chi connectivity index (χ3n) is 1.62. The van der Waals surface area contributed by atoms with Crippen LogP contribution in [-0.4, -0.2) is 21.4 Å². The van der Waals surface area contributed by atoms with E-state index in [2.05, 4.69) is 4.98 Å². The minimum Gasteiger partial charge on any atom is -0.390 e. The quantitative estimate of drug-likeness (QED) is 0.741. The molecule has 1 aromatic heterocycles. The Morgan fingerprint density at radius 1 is 1.57 bits per heavy atom. The summed E-state index contributed by atoms with van der Waals surface area (Å²) in [6, 6.07) is 3.86. The Balaban J connectivity index is 2.67. The largest absolute Gasteiger partial charge is 0.390 e. The fraction of sp³-hybridized carbons (Fsp3) is 0.500. The Morgan fingerprint density at radius 2 is 2.29 bits per heavy atom. The molecule has 0 spiro atoms. The number of hydrogen-bond acceptors (Lipinski definition) is 4. The second kappa shape index (κ2) is 4.77. The fourth-order valence-electron chi connectivity index (χ4n) is 0.962. The highest BCUT2D eigenvalue weighted by Gasteiger charge is 2.13. The van der Waals surface area contributed by atoms with Crippen molar-refractivity contribution >= 4 is 11.8 Å². The Kier molecular flexibility index (Phi) is 3.92. The summed E-state index contributed by atoms with van der Waals surface area (Å²) in [6.07, 6.45) is 1.73. The lowest BCUT2D eigenvalue weighted by atomic mass is 10.2. The number of hydrogen-bond donors (Lipinski definition) is 2. The van der Waals surface area contributed by atoms with Gasteiger partial charge in [0.25, 0.3) is 0 Å². The Morgan fingerprint density at radius 3 is 2.86 bits per heavy atom. The highest BCUT2D eigenvalue weighted by Crippen LogP contribution is 2.24. The molecule has 0 aliphatic heterocycles. The number of nitrogens with zero attached hydrogens (tertiary/aromatic N) is 1. The molecule has 0 bridgehead atoms. The maximum absolute atomic E-state index is 9.57. The van der Waals surface area contributed by atoms with Crippen molar-refractivity contribution in [2.45, 2.75) is 30.9 Å². The van der Waals surface area contributed by atoms with Gasteiger partial charge in [0, 0.05) is 23.4 Å². The van der Waals surface area contributed by atoms with Gasteiger partial charge in [-0.25, -0.2) is 0 Å². The number of nitrogens with two attached hydrogens (primary N) is 1. The first-order valence-electron chi connectivity index (χ1n) is 4.52. The van der Waals surface area contributed by atoms with E-state index in [0.29, 0.717) is 12.3 Å². The van der Waals surface area contributed by atoms with E-state index >= 15 is 0 Å². The molecular weight excluding hydrogens is 196 g/mol. The molecule has 0 saturated carbocycles. The molecule has 0 aliphatic carbocycles. The molecule has 0 fully saturated rings. The zero-order valence-electron chi connectivity index (χ0n) is 8.53. The molecule has 4 heteroatoms. The highest BCUT2D eigenvalue weighted by atomic mass is 32.2. The predicted molar refractivity (Wildman–Crippen MR) is 59.2 cm³/mol. The van der Waals surface area contributed by atoms with Crippen LogP contribution >= 0.6 is 11.8 Å². The van der Waals surface area contributed by atoms with Crippen molar-refractivity contribution in [1.82, 2.24) is 4.98 Å². The topological polar surface area (TPSA) is 59.1 Å². The summed E-state index contributed by atoms with van der Waals surface area (Å²) < 4.78 is 0. The molecule has 0 aliphatic rings. The average Bonchev–Trinajstić information content (AvgIpc) is 2.14. The molecule has 1 rings (SSSR count). The molecule has 0 radical (unpaired) electrons. The van der Waals surface area contributed by atoms with Gasteiger partial charge in [0.1, 0.15) is 0 Å². The summed E-state index contributed by atoms with van der Waals surface area (Å²) in [6.45, 7) is 4.02. The first-order valence-corrected chi connectivity index (χ1v) is 5.50. The monoisotopic (exact) mass is 212 g/mol. The van der Waals surface area contributed by atoms with Crippen molar-refractivity contribution in [3.05, 3.63) is 24.0 Å². The van der Waals surface area contributed by atoms with Crippen molar-refractivity contribution in [1.29, 1.82) is 0 Å². The lowest BCUT2D eigenvalue weighted by Crippen LogP contribution is -2.21. The molecular formula is C10H16N2OS. The average molecular weight is 212 g/mol. The van der Waals surface area contributed by atoms with Crippen LogP contribution in [0.2, 0.25) is 0 Å². The van der Waals surface area contributed by atoms with Crippen molar-refractivity contribution in [3.63, 3.8) is 0 Å². The second-order valence-electron chi connectivity index (χ2n) is 3.75. The van der Waals surface area contributed by atoms with Crippen LogP contribution in [0.5, 0.6) is 0 Å². The van der Waals surface area contributed by atoms with Gasteiger partial charge in [0.15, 0.2) is 0 Å². The van der Waals surface area contributed by atoms with Gasteiger partial charge in [-0.2, -0.15) is 0 Å². The second-order valence-corrected chi connectivity index (χ2v) is 4.77. The van der Waals surface area contributed by atoms with E-state index in [1.54, 1.807) is 31.8 Å². The van der Waals surface area contributed by atoms with E-state index in [9.17, 15) is 5.11 Å². The SMILES string of the molecule is CC(C)(O)CSc1cccnc1CN. The van der Waals surface area contributed by atoms with Gasteiger partial charge in [0.05, 0.1) is 11.3 Å². The van der Waals surface area contributed by atoms with Gasteiger partial charge >= 0.3 is 0 Å². The first kappa shape index (κ1) is 11.5. The van der Waals surface area contributed by atoms with E-state index in [1.807, 2.05) is 12.1 Å². The molecule has 0 amide bonds. The van der Waals surface area contributed by atoms with E-state index in [0.717, 1.165) is 10.6 Å². The van der Waals surface area contributed by atoms with Crippen molar-refractivity contribution in [3.8, 4) is 0 Å². The molecule has 1 aromatic rings. The third kappa shape index (κ3) is 3.65. The smallest absolute Gasteiger partial charge is 0.0685 e. The molecule has 0 saturated heterocycles. The molecule has 0 aromatic carbocycles. The van der Waals surface area contributed by atoms with Crippen LogP contribution in [0.4, 0.5) is 0 Å². The number of rotatable bonds is 4. The molecule has 14 heavy (non-hydrogen) atoms. The van der Waals surface area contributed by atoms with Crippen LogP contribution in [0.1, 0.15) is 19.5 Å². The van der Waals surface area contributed by atoms with E-state index in [4.69, 9.17) is 5.73 Å². The van der Waals surface area contributed by atoms with Gasteiger partial charge in [-0.1, -0.05) is 0 Å².